The third-order valence-electron chi connectivity index (χ3n) is 4.04. The van der Waals surface area contributed by atoms with E-state index in [1.165, 1.54) is 23.3 Å². The van der Waals surface area contributed by atoms with E-state index in [4.69, 9.17) is 4.74 Å². The molecule has 0 atom stereocenters. The molecule has 0 spiro atoms. The van der Waals surface area contributed by atoms with Crippen LogP contribution in [0.1, 0.15) is 10.4 Å². The summed E-state index contributed by atoms with van der Waals surface area (Å²) < 4.78 is 4.71. The number of methoxy groups -OCH3 is 1. The van der Waals surface area contributed by atoms with Crippen molar-refractivity contribution in [2.24, 2.45) is 0 Å². The number of piperazine rings is 1. The summed E-state index contributed by atoms with van der Waals surface area (Å²) in [5, 5.41) is 5.11. The number of anilines is 2. The number of nitrogens with zero attached hydrogens (tertiary/aromatic N) is 3. The second kappa shape index (κ2) is 8.04. The molecule has 2 aromatic rings. The third kappa shape index (κ3) is 4.31. The molecule has 9 heteroatoms. The fraction of sp³-hybridized carbons (Fsp3) is 0.375. The second-order valence-corrected chi connectivity index (χ2v) is 6.58. The van der Waals surface area contributed by atoms with Gasteiger partial charge in [-0.05, 0) is 17.5 Å². The molecule has 1 amide bonds. The number of amides is 1. The molecule has 2 aromatic heterocycles. The Hall–Kier alpha value is -2.52. The summed E-state index contributed by atoms with van der Waals surface area (Å²) in [4.78, 5) is 35.8. The lowest BCUT2D eigenvalue weighted by atomic mass is 10.3. The van der Waals surface area contributed by atoms with Gasteiger partial charge in [0, 0.05) is 12.4 Å². The van der Waals surface area contributed by atoms with E-state index in [1.807, 2.05) is 0 Å². The average molecular weight is 362 g/mol. The molecular weight excluding hydrogens is 342 g/mol. The number of quaternary nitrogens is 1. The standard InChI is InChI=1S/C16H19N5O3S/c1-24-15(23)12-3-10-25-14(12)19-13(22)11-20-6-8-21(9-7-20)16-17-4-2-5-18-16/h2-5,10H,6-9,11H2,1H3,(H,19,22)/p+1. The largest absolute Gasteiger partial charge is 0.465 e. The van der Waals surface area contributed by atoms with E-state index in [0.717, 1.165) is 32.1 Å². The van der Waals surface area contributed by atoms with Gasteiger partial charge in [0.05, 0.1) is 38.9 Å². The molecule has 1 saturated heterocycles. The third-order valence-corrected chi connectivity index (χ3v) is 4.87. The molecule has 0 saturated carbocycles. The SMILES string of the molecule is COC(=O)c1ccsc1NC(=O)C[NH+]1CCN(c2ncccn2)CC1. The summed E-state index contributed by atoms with van der Waals surface area (Å²) in [7, 11) is 1.33. The van der Waals surface area contributed by atoms with Crippen molar-refractivity contribution in [1.29, 1.82) is 0 Å². The van der Waals surface area contributed by atoms with Gasteiger partial charge in [-0.3, -0.25) is 4.79 Å². The first-order chi connectivity index (χ1) is 12.2. The van der Waals surface area contributed by atoms with Crippen LogP contribution in [0.4, 0.5) is 10.9 Å². The van der Waals surface area contributed by atoms with Crippen LogP contribution in [0, 0.1) is 0 Å². The molecule has 0 radical (unpaired) electrons. The van der Waals surface area contributed by atoms with Crippen LogP contribution in [-0.2, 0) is 9.53 Å². The topological polar surface area (TPSA) is 88.9 Å². The molecule has 2 N–H and O–H groups in total. The molecule has 132 valence electrons. The minimum absolute atomic E-state index is 0.105. The summed E-state index contributed by atoms with van der Waals surface area (Å²) in [6, 6.07) is 3.44. The Morgan fingerprint density at radius 3 is 2.72 bits per heavy atom. The van der Waals surface area contributed by atoms with E-state index < -0.39 is 5.97 Å². The summed E-state index contributed by atoms with van der Waals surface area (Å²) >= 11 is 1.31. The van der Waals surface area contributed by atoms with E-state index in [9.17, 15) is 9.59 Å². The number of carbonyl (C=O) groups excluding carboxylic acids is 2. The predicted octanol–water partition coefficient (Wildman–Crippen LogP) is -0.332. The Labute approximate surface area is 149 Å². The number of esters is 1. The fourth-order valence-corrected chi connectivity index (χ4v) is 3.52. The zero-order valence-electron chi connectivity index (χ0n) is 13.9. The van der Waals surface area contributed by atoms with Gasteiger partial charge in [-0.15, -0.1) is 11.3 Å². The van der Waals surface area contributed by atoms with Gasteiger partial charge in [0.15, 0.2) is 6.54 Å². The highest BCUT2D eigenvalue weighted by atomic mass is 32.1. The minimum Gasteiger partial charge on any atom is -0.465 e. The van der Waals surface area contributed by atoms with E-state index in [2.05, 4.69) is 20.2 Å². The van der Waals surface area contributed by atoms with Crippen molar-refractivity contribution in [3.05, 3.63) is 35.5 Å². The monoisotopic (exact) mass is 362 g/mol. The van der Waals surface area contributed by atoms with Crippen LogP contribution in [0.2, 0.25) is 0 Å². The van der Waals surface area contributed by atoms with Crippen LogP contribution < -0.4 is 15.1 Å². The lowest BCUT2D eigenvalue weighted by Crippen LogP contribution is -3.15. The van der Waals surface area contributed by atoms with Crippen LogP contribution in [0.5, 0.6) is 0 Å². The number of carbonyl (C=O) groups is 2. The highest BCUT2D eigenvalue weighted by molar-refractivity contribution is 7.14. The normalized spacial score (nSPS) is 15.0. The number of hydrogen-bond donors (Lipinski definition) is 2. The quantitative estimate of drug-likeness (QED) is 0.708. The number of nitrogens with one attached hydrogen (secondary N) is 2. The zero-order chi connectivity index (χ0) is 17.6. The van der Waals surface area contributed by atoms with Crippen molar-refractivity contribution in [2.45, 2.75) is 0 Å². The van der Waals surface area contributed by atoms with Gasteiger partial charge < -0.3 is 19.9 Å². The van der Waals surface area contributed by atoms with E-state index in [0.29, 0.717) is 17.1 Å². The Balaban J connectivity index is 1.50. The minimum atomic E-state index is -0.444. The first-order valence-electron chi connectivity index (χ1n) is 7.98. The molecule has 25 heavy (non-hydrogen) atoms. The molecule has 3 rings (SSSR count). The van der Waals surface area contributed by atoms with Crippen LogP contribution >= 0.6 is 11.3 Å². The fourth-order valence-electron chi connectivity index (χ4n) is 2.73. The van der Waals surface area contributed by atoms with Gasteiger partial charge in [-0.2, -0.15) is 0 Å². The van der Waals surface area contributed by atoms with Gasteiger partial charge >= 0.3 is 5.97 Å². The Kier molecular flexibility index (Phi) is 5.56. The summed E-state index contributed by atoms with van der Waals surface area (Å²) in [5.41, 5.74) is 0.391. The Bertz CT molecular complexity index is 728. The van der Waals surface area contributed by atoms with Crippen molar-refractivity contribution >= 4 is 34.2 Å². The van der Waals surface area contributed by atoms with Gasteiger partial charge in [-0.25, -0.2) is 14.8 Å². The van der Waals surface area contributed by atoms with Crippen LogP contribution in [0.25, 0.3) is 0 Å². The van der Waals surface area contributed by atoms with Crippen molar-refractivity contribution < 1.29 is 19.2 Å². The lowest BCUT2D eigenvalue weighted by molar-refractivity contribution is -0.892. The molecule has 3 heterocycles. The van der Waals surface area contributed by atoms with Crippen LogP contribution in [-0.4, -0.2) is 61.7 Å². The lowest BCUT2D eigenvalue weighted by Gasteiger charge is -2.31. The van der Waals surface area contributed by atoms with Crippen LogP contribution in [0.15, 0.2) is 29.9 Å². The number of aromatic nitrogens is 2. The number of hydrogen-bond acceptors (Lipinski definition) is 7. The maximum atomic E-state index is 12.3. The summed E-state index contributed by atoms with van der Waals surface area (Å²) in [6.07, 6.45) is 3.46. The van der Waals surface area contributed by atoms with Gasteiger partial charge in [0.25, 0.3) is 5.91 Å². The molecular formula is C16H20N5O3S+. The van der Waals surface area contributed by atoms with E-state index in [1.54, 1.807) is 29.9 Å². The van der Waals surface area contributed by atoms with Crippen LogP contribution in [0.3, 0.4) is 0 Å². The number of thiophene rings is 1. The average Bonchev–Trinajstić information content (AvgIpc) is 3.10. The molecule has 0 aromatic carbocycles. The van der Waals surface area contributed by atoms with Crippen molar-refractivity contribution in [3.8, 4) is 0 Å². The molecule has 8 nitrogen and oxygen atoms in total. The van der Waals surface area contributed by atoms with Crippen molar-refractivity contribution in [1.82, 2.24) is 9.97 Å². The highest BCUT2D eigenvalue weighted by Crippen LogP contribution is 2.23. The second-order valence-electron chi connectivity index (χ2n) is 5.67. The van der Waals surface area contributed by atoms with Gasteiger partial charge in [0.1, 0.15) is 5.00 Å². The maximum Gasteiger partial charge on any atom is 0.340 e. The van der Waals surface area contributed by atoms with Crippen molar-refractivity contribution in [3.63, 3.8) is 0 Å². The highest BCUT2D eigenvalue weighted by Gasteiger charge is 2.24. The molecule has 1 aliphatic rings. The predicted molar refractivity (Wildman–Crippen MR) is 94.1 cm³/mol. The molecule has 0 unspecified atom stereocenters. The zero-order valence-corrected chi connectivity index (χ0v) is 14.7. The molecule has 1 fully saturated rings. The first kappa shape index (κ1) is 17.3. The smallest absolute Gasteiger partial charge is 0.340 e. The van der Waals surface area contributed by atoms with Gasteiger partial charge in [-0.1, -0.05) is 0 Å². The molecule has 0 bridgehead atoms. The van der Waals surface area contributed by atoms with Crippen molar-refractivity contribution in [2.75, 3.05) is 50.1 Å². The van der Waals surface area contributed by atoms with Gasteiger partial charge in [0.2, 0.25) is 5.95 Å². The molecule has 1 aliphatic heterocycles. The van der Waals surface area contributed by atoms with E-state index in [-0.39, 0.29) is 5.91 Å². The van der Waals surface area contributed by atoms with E-state index >= 15 is 0 Å². The first-order valence-corrected chi connectivity index (χ1v) is 8.86. The molecule has 0 aliphatic carbocycles. The summed E-state index contributed by atoms with van der Waals surface area (Å²) in [6.45, 7) is 3.64. The number of ether oxygens (including phenoxy) is 1. The number of rotatable bonds is 5. The Morgan fingerprint density at radius 2 is 2.04 bits per heavy atom. The summed E-state index contributed by atoms with van der Waals surface area (Å²) in [5.74, 6) is 0.180. The Morgan fingerprint density at radius 1 is 1.32 bits per heavy atom. The maximum absolute atomic E-state index is 12.3.